The van der Waals surface area contributed by atoms with Crippen LogP contribution in [0.5, 0.6) is 5.75 Å². The first kappa shape index (κ1) is 27.6. The second-order valence-electron chi connectivity index (χ2n) is 6.15. The van der Waals surface area contributed by atoms with Gasteiger partial charge in [-0.3, -0.25) is 0 Å². The lowest BCUT2D eigenvalue weighted by Gasteiger charge is -2.41. The van der Waals surface area contributed by atoms with E-state index < -0.39 is 59.8 Å². The Kier molecular flexibility index (Phi) is 6.53. The standard InChI is InChI=1S/C14H9F15N2O/c15-8(16,4-32-5-1-2-6(30)7(31)3-5)9(17,18)10(19,20)11(21,22)12(23,24)13(25,26)14(27,28)29/h1-3H,4,30-31H2. The van der Waals surface area contributed by atoms with Gasteiger partial charge in [-0.25, -0.2) is 0 Å². The van der Waals surface area contributed by atoms with Gasteiger partial charge in [0.05, 0.1) is 11.4 Å². The minimum atomic E-state index is -8.34. The number of rotatable bonds is 8. The molecule has 0 atom stereocenters. The van der Waals surface area contributed by atoms with Gasteiger partial charge in [0, 0.05) is 6.07 Å². The molecule has 0 bridgehead atoms. The van der Waals surface area contributed by atoms with E-state index in [2.05, 4.69) is 4.74 Å². The van der Waals surface area contributed by atoms with Crippen LogP contribution in [0.15, 0.2) is 18.2 Å². The topological polar surface area (TPSA) is 61.3 Å². The van der Waals surface area contributed by atoms with Crippen molar-refractivity contribution in [2.75, 3.05) is 18.1 Å². The molecular weight excluding hydrogens is 497 g/mol. The van der Waals surface area contributed by atoms with Crippen molar-refractivity contribution in [3.05, 3.63) is 18.2 Å². The Hall–Kier alpha value is -2.43. The predicted octanol–water partition coefficient (Wildman–Crippen LogP) is 5.60. The van der Waals surface area contributed by atoms with Gasteiger partial charge >= 0.3 is 41.7 Å². The van der Waals surface area contributed by atoms with Crippen LogP contribution >= 0.6 is 0 Å². The molecule has 0 aliphatic rings. The molecule has 1 aromatic carbocycles. The first-order chi connectivity index (χ1) is 13.9. The molecule has 32 heavy (non-hydrogen) atoms. The monoisotopic (exact) mass is 506 g/mol. The first-order valence-electron chi connectivity index (χ1n) is 7.50. The summed E-state index contributed by atoms with van der Waals surface area (Å²) >= 11 is 0. The second kappa shape index (κ2) is 7.57. The number of anilines is 2. The molecule has 0 radical (unpaired) electrons. The molecule has 0 aliphatic heterocycles. The van der Waals surface area contributed by atoms with E-state index in [0.29, 0.717) is 12.1 Å². The van der Waals surface area contributed by atoms with Gasteiger partial charge in [-0.15, -0.1) is 0 Å². The second-order valence-corrected chi connectivity index (χ2v) is 6.15. The van der Waals surface area contributed by atoms with Crippen molar-refractivity contribution >= 4 is 11.4 Å². The molecule has 0 spiro atoms. The fraction of sp³-hybridized carbons (Fsp3) is 0.571. The molecule has 4 N–H and O–H groups in total. The number of nitrogens with two attached hydrogens (primary N) is 2. The van der Waals surface area contributed by atoms with E-state index in [4.69, 9.17) is 11.5 Å². The summed E-state index contributed by atoms with van der Waals surface area (Å²) in [6.45, 7) is -2.95. The van der Waals surface area contributed by atoms with Crippen molar-refractivity contribution in [2.24, 2.45) is 0 Å². The van der Waals surface area contributed by atoms with Crippen molar-refractivity contribution in [1.82, 2.24) is 0 Å². The molecule has 0 amide bonds. The summed E-state index contributed by atoms with van der Waals surface area (Å²) < 4.78 is 199. The third kappa shape index (κ3) is 3.91. The SMILES string of the molecule is Nc1ccc(OCC(F)(F)C(F)(F)C(F)(F)C(F)(F)C(F)(F)C(F)(F)C(F)(F)F)cc1N. The Morgan fingerprint density at radius 2 is 0.969 bits per heavy atom. The number of nitrogen functional groups attached to an aromatic ring is 2. The highest BCUT2D eigenvalue weighted by atomic mass is 19.4. The van der Waals surface area contributed by atoms with E-state index in [1.807, 2.05) is 0 Å². The van der Waals surface area contributed by atoms with Gasteiger partial charge < -0.3 is 16.2 Å². The molecule has 1 rings (SSSR count). The Morgan fingerprint density at radius 3 is 1.38 bits per heavy atom. The molecule has 186 valence electrons. The van der Waals surface area contributed by atoms with Crippen LogP contribution in [0.25, 0.3) is 0 Å². The van der Waals surface area contributed by atoms with Gasteiger partial charge in [-0.05, 0) is 12.1 Å². The molecule has 0 saturated heterocycles. The summed E-state index contributed by atoms with van der Waals surface area (Å²) in [4.78, 5) is 0. The minimum Gasteiger partial charge on any atom is -0.487 e. The van der Waals surface area contributed by atoms with Crippen LogP contribution in [0.2, 0.25) is 0 Å². The molecule has 0 unspecified atom stereocenters. The molecular formula is C14H9F15N2O. The fourth-order valence-corrected chi connectivity index (χ4v) is 1.91. The Labute approximate surface area is 167 Å². The van der Waals surface area contributed by atoms with Crippen LogP contribution in [-0.4, -0.2) is 48.3 Å². The van der Waals surface area contributed by atoms with Gasteiger partial charge in [0.15, 0.2) is 6.61 Å². The third-order valence-corrected chi connectivity index (χ3v) is 3.87. The molecule has 0 fully saturated rings. The third-order valence-electron chi connectivity index (χ3n) is 3.87. The number of alkyl halides is 15. The van der Waals surface area contributed by atoms with Crippen molar-refractivity contribution in [1.29, 1.82) is 0 Å². The maximum Gasteiger partial charge on any atom is 0.460 e. The fourth-order valence-electron chi connectivity index (χ4n) is 1.91. The summed E-state index contributed by atoms with van der Waals surface area (Å²) in [6, 6.07) is 2.03. The van der Waals surface area contributed by atoms with E-state index in [9.17, 15) is 65.9 Å². The number of hydrogen-bond donors (Lipinski definition) is 2. The molecule has 0 aliphatic carbocycles. The normalized spacial score (nSPS) is 15.1. The van der Waals surface area contributed by atoms with Crippen molar-refractivity contribution in [2.45, 2.75) is 41.7 Å². The van der Waals surface area contributed by atoms with E-state index in [0.717, 1.165) is 6.07 Å². The van der Waals surface area contributed by atoms with E-state index in [-0.39, 0.29) is 5.69 Å². The van der Waals surface area contributed by atoms with E-state index >= 15 is 0 Å². The quantitative estimate of drug-likeness (QED) is 0.357. The van der Waals surface area contributed by atoms with E-state index in [1.54, 1.807) is 0 Å². The minimum absolute atomic E-state index is 0.214. The molecule has 0 heterocycles. The molecule has 0 saturated carbocycles. The van der Waals surface area contributed by atoms with Gasteiger partial charge in [0.1, 0.15) is 5.75 Å². The highest BCUT2D eigenvalue weighted by Crippen LogP contribution is 2.62. The first-order valence-corrected chi connectivity index (χ1v) is 7.50. The van der Waals surface area contributed by atoms with Gasteiger partial charge in [-0.1, -0.05) is 0 Å². The van der Waals surface area contributed by atoms with Crippen LogP contribution in [0.1, 0.15) is 0 Å². The zero-order chi connectivity index (χ0) is 25.8. The zero-order valence-electron chi connectivity index (χ0n) is 14.7. The summed E-state index contributed by atoms with van der Waals surface area (Å²) in [5.41, 5.74) is 9.76. The maximum atomic E-state index is 13.6. The summed E-state index contributed by atoms with van der Waals surface area (Å²) in [6.07, 6.45) is -7.65. The van der Waals surface area contributed by atoms with Crippen molar-refractivity contribution in [3.8, 4) is 5.75 Å². The Morgan fingerprint density at radius 1 is 0.562 bits per heavy atom. The van der Waals surface area contributed by atoms with Crippen LogP contribution in [-0.2, 0) is 0 Å². The lowest BCUT2D eigenvalue weighted by molar-refractivity contribution is -0.453. The van der Waals surface area contributed by atoms with Crippen LogP contribution in [0.3, 0.4) is 0 Å². The highest BCUT2D eigenvalue weighted by molar-refractivity contribution is 5.65. The molecule has 18 heteroatoms. The molecule has 3 nitrogen and oxygen atoms in total. The van der Waals surface area contributed by atoms with Gasteiger partial charge in [-0.2, -0.15) is 65.9 Å². The number of hydrogen-bond acceptors (Lipinski definition) is 3. The zero-order valence-corrected chi connectivity index (χ0v) is 14.7. The van der Waals surface area contributed by atoms with Gasteiger partial charge in [0.2, 0.25) is 0 Å². The largest absolute Gasteiger partial charge is 0.487 e. The number of ether oxygens (including phenoxy) is 1. The Bertz CT molecular complexity index is 834. The lowest BCUT2D eigenvalue weighted by atomic mass is 9.91. The average molecular weight is 506 g/mol. The summed E-state index contributed by atoms with van der Waals surface area (Å²) in [5.74, 6) is -47.8. The van der Waals surface area contributed by atoms with Gasteiger partial charge in [0.25, 0.3) is 0 Å². The van der Waals surface area contributed by atoms with Crippen molar-refractivity contribution in [3.63, 3.8) is 0 Å². The predicted molar refractivity (Wildman–Crippen MR) is 76.5 cm³/mol. The van der Waals surface area contributed by atoms with Crippen molar-refractivity contribution < 1.29 is 70.6 Å². The van der Waals surface area contributed by atoms with E-state index in [1.165, 1.54) is 0 Å². The molecule has 0 aromatic heterocycles. The average Bonchev–Trinajstić information content (AvgIpc) is 2.61. The smallest absolute Gasteiger partial charge is 0.460 e. The Balaban J connectivity index is 3.36. The summed E-state index contributed by atoms with van der Waals surface area (Å²) in [7, 11) is 0. The van der Waals surface area contributed by atoms with Crippen LogP contribution in [0, 0.1) is 0 Å². The maximum absolute atomic E-state index is 13.6. The highest BCUT2D eigenvalue weighted by Gasteiger charge is 2.93. The lowest BCUT2D eigenvalue weighted by Crippen LogP contribution is -2.73. The number of halogens is 15. The number of benzene rings is 1. The summed E-state index contributed by atoms with van der Waals surface area (Å²) in [5, 5.41) is 0. The van der Waals surface area contributed by atoms with Crippen LogP contribution in [0.4, 0.5) is 77.2 Å². The van der Waals surface area contributed by atoms with Crippen LogP contribution < -0.4 is 16.2 Å². The molecule has 1 aromatic rings.